The number of fused-ring (bicyclic) bond motifs is 1. The van der Waals surface area contributed by atoms with Crippen molar-refractivity contribution in [2.45, 2.75) is 25.7 Å². The van der Waals surface area contributed by atoms with Crippen molar-refractivity contribution in [3.63, 3.8) is 0 Å². The lowest BCUT2D eigenvalue weighted by molar-refractivity contribution is -0.154. The average molecular weight is 229 g/mol. The molecule has 3 nitrogen and oxygen atoms in total. The molecule has 88 valence electrons. The molecule has 1 aliphatic carbocycles. The minimum Gasteiger partial charge on any atom is -0.481 e. The maximum absolute atomic E-state index is 11.4. The number of benzene rings is 1. The zero-order valence-electron chi connectivity index (χ0n) is 9.57. The van der Waals surface area contributed by atoms with Crippen molar-refractivity contribution in [2.24, 2.45) is 5.41 Å². The van der Waals surface area contributed by atoms with Crippen LogP contribution in [0.2, 0.25) is 0 Å². The van der Waals surface area contributed by atoms with E-state index in [9.17, 15) is 9.90 Å². The van der Waals surface area contributed by atoms with Gasteiger partial charge in [0.1, 0.15) is 0 Å². The standard InChI is InChI=1S/C14H15NO2/c16-13(17)14(6-3-7-14)8-10-9-15-12-5-2-1-4-11(10)12/h1-2,4-5,9,15H,3,6-8H2,(H,16,17). The lowest BCUT2D eigenvalue weighted by atomic mass is 9.65. The molecule has 1 aromatic heterocycles. The number of rotatable bonds is 3. The molecule has 0 amide bonds. The van der Waals surface area contributed by atoms with Crippen LogP contribution < -0.4 is 0 Å². The van der Waals surface area contributed by atoms with E-state index in [1.807, 2.05) is 24.4 Å². The zero-order chi connectivity index (χ0) is 11.9. The number of carboxylic acids is 1. The molecular formula is C14H15NO2. The van der Waals surface area contributed by atoms with E-state index in [0.717, 1.165) is 35.7 Å². The number of carbonyl (C=O) groups is 1. The molecule has 1 saturated carbocycles. The van der Waals surface area contributed by atoms with Crippen molar-refractivity contribution in [1.82, 2.24) is 4.98 Å². The van der Waals surface area contributed by atoms with Gasteiger partial charge in [0, 0.05) is 17.1 Å². The van der Waals surface area contributed by atoms with Gasteiger partial charge in [0.15, 0.2) is 0 Å². The topological polar surface area (TPSA) is 53.1 Å². The summed E-state index contributed by atoms with van der Waals surface area (Å²) in [4.78, 5) is 14.6. The van der Waals surface area contributed by atoms with Crippen molar-refractivity contribution in [3.8, 4) is 0 Å². The molecule has 1 aromatic carbocycles. The first-order valence-electron chi connectivity index (χ1n) is 6.00. The predicted molar refractivity (Wildman–Crippen MR) is 65.9 cm³/mol. The van der Waals surface area contributed by atoms with Gasteiger partial charge in [-0.1, -0.05) is 24.6 Å². The molecule has 1 aliphatic rings. The Morgan fingerprint density at radius 1 is 1.35 bits per heavy atom. The van der Waals surface area contributed by atoms with Crippen LogP contribution in [0, 0.1) is 5.41 Å². The highest BCUT2D eigenvalue weighted by molar-refractivity contribution is 5.84. The largest absolute Gasteiger partial charge is 0.481 e. The third-order valence-electron chi connectivity index (χ3n) is 3.97. The second-order valence-electron chi connectivity index (χ2n) is 4.98. The Hall–Kier alpha value is -1.77. The first-order chi connectivity index (χ1) is 8.21. The van der Waals surface area contributed by atoms with Crippen molar-refractivity contribution >= 4 is 16.9 Å². The van der Waals surface area contributed by atoms with Gasteiger partial charge in [-0.05, 0) is 30.9 Å². The Labute approximate surface area is 99.5 Å². The Morgan fingerprint density at radius 2 is 2.12 bits per heavy atom. The minimum absolute atomic E-state index is 0.509. The maximum atomic E-state index is 11.4. The molecule has 0 atom stereocenters. The number of hydrogen-bond acceptors (Lipinski definition) is 1. The highest BCUT2D eigenvalue weighted by Gasteiger charge is 2.44. The van der Waals surface area contributed by atoms with Gasteiger partial charge in [-0.25, -0.2) is 0 Å². The molecule has 3 heteroatoms. The number of carboxylic acid groups (broad SMARTS) is 1. The van der Waals surface area contributed by atoms with Crippen LogP contribution in [0.25, 0.3) is 10.9 Å². The molecule has 2 aromatic rings. The number of hydrogen-bond donors (Lipinski definition) is 2. The molecule has 0 aliphatic heterocycles. The maximum Gasteiger partial charge on any atom is 0.309 e. The molecule has 0 radical (unpaired) electrons. The average Bonchev–Trinajstić information content (AvgIpc) is 2.66. The fraction of sp³-hybridized carbons (Fsp3) is 0.357. The van der Waals surface area contributed by atoms with Crippen LogP contribution in [-0.4, -0.2) is 16.1 Å². The smallest absolute Gasteiger partial charge is 0.309 e. The van der Waals surface area contributed by atoms with Crippen molar-refractivity contribution in [2.75, 3.05) is 0 Å². The highest BCUT2D eigenvalue weighted by atomic mass is 16.4. The molecular weight excluding hydrogens is 214 g/mol. The molecule has 3 rings (SSSR count). The first-order valence-corrected chi connectivity index (χ1v) is 6.00. The van der Waals surface area contributed by atoms with Crippen molar-refractivity contribution in [1.29, 1.82) is 0 Å². The number of aromatic amines is 1. The van der Waals surface area contributed by atoms with Crippen molar-refractivity contribution < 1.29 is 9.90 Å². The summed E-state index contributed by atoms with van der Waals surface area (Å²) in [7, 11) is 0. The third kappa shape index (κ3) is 1.54. The lowest BCUT2D eigenvalue weighted by Crippen LogP contribution is -2.39. The molecule has 0 bridgehead atoms. The normalized spacial score (nSPS) is 17.9. The van der Waals surface area contributed by atoms with E-state index in [1.165, 1.54) is 0 Å². The van der Waals surface area contributed by atoms with Crippen LogP contribution in [0.1, 0.15) is 24.8 Å². The summed E-state index contributed by atoms with van der Waals surface area (Å²) >= 11 is 0. The molecule has 1 heterocycles. The Bertz CT molecular complexity index is 566. The van der Waals surface area contributed by atoms with Crippen LogP contribution in [-0.2, 0) is 11.2 Å². The number of H-pyrrole nitrogens is 1. The Balaban J connectivity index is 1.97. The second-order valence-corrected chi connectivity index (χ2v) is 4.98. The SMILES string of the molecule is O=C(O)C1(Cc2c[nH]c3ccccc23)CCC1. The summed E-state index contributed by atoms with van der Waals surface area (Å²) < 4.78 is 0. The van der Waals surface area contributed by atoms with Crippen LogP contribution >= 0.6 is 0 Å². The fourth-order valence-corrected chi connectivity index (χ4v) is 2.71. The van der Waals surface area contributed by atoms with E-state index >= 15 is 0 Å². The number of aliphatic carboxylic acids is 1. The highest BCUT2D eigenvalue weighted by Crippen LogP contribution is 2.44. The van der Waals surface area contributed by atoms with Gasteiger partial charge < -0.3 is 10.1 Å². The summed E-state index contributed by atoms with van der Waals surface area (Å²) in [5.41, 5.74) is 1.70. The predicted octanol–water partition coefficient (Wildman–Crippen LogP) is 2.97. The Morgan fingerprint density at radius 3 is 2.76 bits per heavy atom. The molecule has 17 heavy (non-hydrogen) atoms. The summed E-state index contributed by atoms with van der Waals surface area (Å²) in [5, 5.41) is 10.5. The van der Waals surface area contributed by atoms with E-state index in [4.69, 9.17) is 0 Å². The van der Waals surface area contributed by atoms with Gasteiger partial charge in [-0.3, -0.25) is 4.79 Å². The van der Waals surface area contributed by atoms with Gasteiger partial charge in [0.25, 0.3) is 0 Å². The molecule has 1 fully saturated rings. The first kappa shape index (κ1) is 10.4. The van der Waals surface area contributed by atoms with Gasteiger partial charge in [-0.15, -0.1) is 0 Å². The monoisotopic (exact) mass is 229 g/mol. The quantitative estimate of drug-likeness (QED) is 0.850. The molecule has 2 N–H and O–H groups in total. The van der Waals surface area contributed by atoms with Crippen LogP contribution in [0.4, 0.5) is 0 Å². The summed E-state index contributed by atoms with van der Waals surface area (Å²) in [6.45, 7) is 0. The van der Waals surface area contributed by atoms with E-state index in [2.05, 4.69) is 11.1 Å². The van der Waals surface area contributed by atoms with Gasteiger partial charge >= 0.3 is 5.97 Å². The van der Waals surface area contributed by atoms with Crippen molar-refractivity contribution in [3.05, 3.63) is 36.0 Å². The van der Waals surface area contributed by atoms with Gasteiger partial charge in [-0.2, -0.15) is 0 Å². The third-order valence-corrected chi connectivity index (χ3v) is 3.97. The second kappa shape index (κ2) is 3.62. The van der Waals surface area contributed by atoms with E-state index in [0.29, 0.717) is 6.42 Å². The molecule has 0 spiro atoms. The summed E-state index contributed by atoms with van der Waals surface area (Å²) in [6, 6.07) is 8.05. The van der Waals surface area contributed by atoms with E-state index in [-0.39, 0.29) is 0 Å². The zero-order valence-corrected chi connectivity index (χ0v) is 9.57. The number of para-hydroxylation sites is 1. The summed E-state index contributed by atoms with van der Waals surface area (Å²) in [6.07, 6.45) is 5.25. The Kier molecular flexibility index (Phi) is 2.21. The number of nitrogens with one attached hydrogen (secondary N) is 1. The summed E-state index contributed by atoms with van der Waals surface area (Å²) in [5.74, 6) is -0.644. The van der Waals surface area contributed by atoms with Crippen LogP contribution in [0.3, 0.4) is 0 Å². The number of aromatic nitrogens is 1. The fourth-order valence-electron chi connectivity index (χ4n) is 2.71. The minimum atomic E-state index is -0.644. The van der Waals surface area contributed by atoms with Gasteiger partial charge in [0.2, 0.25) is 0 Å². The molecule has 0 saturated heterocycles. The van der Waals surface area contributed by atoms with Gasteiger partial charge in [0.05, 0.1) is 5.41 Å². The van der Waals surface area contributed by atoms with E-state index in [1.54, 1.807) is 0 Å². The van der Waals surface area contributed by atoms with E-state index < -0.39 is 11.4 Å². The van der Waals surface area contributed by atoms with Crippen LogP contribution in [0.5, 0.6) is 0 Å². The molecule has 0 unspecified atom stereocenters. The lowest BCUT2D eigenvalue weighted by Gasteiger charge is -2.37. The van der Waals surface area contributed by atoms with Crippen LogP contribution in [0.15, 0.2) is 30.5 Å².